The molecule has 0 saturated carbocycles. The normalized spacial score (nSPS) is 13.3. The van der Waals surface area contributed by atoms with Crippen LogP contribution in [0.3, 0.4) is 0 Å². The fourth-order valence-electron chi connectivity index (χ4n) is 4.42. The van der Waals surface area contributed by atoms with Crippen molar-refractivity contribution in [3.63, 3.8) is 0 Å². The van der Waals surface area contributed by atoms with E-state index in [2.05, 4.69) is 58.0 Å². The van der Waals surface area contributed by atoms with E-state index in [1.165, 1.54) is 16.7 Å². The lowest BCUT2D eigenvalue weighted by molar-refractivity contribution is 0.0216. The van der Waals surface area contributed by atoms with Crippen molar-refractivity contribution in [2.75, 3.05) is 26.4 Å². The molecule has 0 unspecified atom stereocenters. The third-order valence-corrected chi connectivity index (χ3v) is 7.35. The highest BCUT2D eigenvalue weighted by atomic mass is 16.5. The molecule has 5 nitrogen and oxygen atoms in total. The third-order valence-electron chi connectivity index (χ3n) is 7.35. The highest BCUT2D eigenvalue weighted by Gasteiger charge is 2.31. The van der Waals surface area contributed by atoms with Crippen LogP contribution < -0.4 is 4.74 Å². The van der Waals surface area contributed by atoms with Crippen LogP contribution >= 0.6 is 0 Å². The third kappa shape index (κ3) is 7.29. The fraction of sp³-hybridized carbons (Fsp3) is 0.600. The van der Waals surface area contributed by atoms with Gasteiger partial charge in [-0.2, -0.15) is 0 Å². The quantitative estimate of drug-likeness (QED) is 0.357. The number of aryl methyl sites for hydroxylation is 2. The van der Waals surface area contributed by atoms with E-state index >= 15 is 0 Å². The van der Waals surface area contributed by atoms with Gasteiger partial charge in [-0.05, 0) is 66.0 Å². The molecule has 0 fully saturated rings. The zero-order valence-electron chi connectivity index (χ0n) is 22.7. The second kappa shape index (κ2) is 12.9. The summed E-state index contributed by atoms with van der Waals surface area (Å²) < 4.78 is 11.7. The summed E-state index contributed by atoms with van der Waals surface area (Å²) in [6.07, 6.45) is 1.40. The minimum atomic E-state index is -0.532. The summed E-state index contributed by atoms with van der Waals surface area (Å²) in [5.41, 5.74) is 5.57. The highest BCUT2D eigenvalue weighted by Crippen LogP contribution is 2.41. The van der Waals surface area contributed by atoms with Crippen molar-refractivity contribution >= 4 is 0 Å². The molecule has 2 rings (SSSR count). The predicted octanol–water partition coefficient (Wildman–Crippen LogP) is 5.31. The maximum absolute atomic E-state index is 10.3. The molecule has 2 aromatic rings. The molecule has 0 aromatic heterocycles. The lowest BCUT2D eigenvalue weighted by atomic mass is 9.70. The second-order valence-corrected chi connectivity index (χ2v) is 10.8. The first-order valence-electron chi connectivity index (χ1n) is 12.8. The summed E-state index contributed by atoms with van der Waals surface area (Å²) in [5, 5.41) is 28.8. The van der Waals surface area contributed by atoms with Gasteiger partial charge in [0.2, 0.25) is 0 Å². The summed E-state index contributed by atoms with van der Waals surface area (Å²) in [4.78, 5) is 0. The average molecular weight is 487 g/mol. The van der Waals surface area contributed by atoms with E-state index in [9.17, 15) is 15.3 Å². The first-order chi connectivity index (χ1) is 16.5. The summed E-state index contributed by atoms with van der Waals surface area (Å²) in [7, 11) is 0. The Morgan fingerprint density at radius 3 is 1.89 bits per heavy atom. The van der Waals surface area contributed by atoms with Crippen molar-refractivity contribution in [2.45, 2.75) is 79.4 Å². The Morgan fingerprint density at radius 1 is 0.829 bits per heavy atom. The zero-order chi connectivity index (χ0) is 26.2. The first-order valence-corrected chi connectivity index (χ1v) is 12.8. The Kier molecular flexibility index (Phi) is 10.8. The zero-order valence-corrected chi connectivity index (χ0v) is 22.7. The molecule has 5 heteroatoms. The van der Waals surface area contributed by atoms with E-state index in [1.807, 2.05) is 26.8 Å². The van der Waals surface area contributed by atoms with Crippen LogP contribution in [-0.4, -0.2) is 47.9 Å². The van der Waals surface area contributed by atoms with Crippen LogP contribution in [0.4, 0.5) is 0 Å². The minimum Gasteiger partial charge on any atom is -0.491 e. The molecular formula is C30H46O5. The van der Waals surface area contributed by atoms with Gasteiger partial charge in [0.05, 0.1) is 32.5 Å². The van der Waals surface area contributed by atoms with Gasteiger partial charge in [0.1, 0.15) is 12.4 Å². The molecule has 0 radical (unpaired) electrons. The van der Waals surface area contributed by atoms with Gasteiger partial charge in [-0.3, -0.25) is 0 Å². The molecule has 0 saturated heterocycles. The SMILES string of the molecule is CCC(CC)(c1ccc(COCC(CO)CO)c(C)c1)c1ccc(OC[C@H](O)C(C)(C)C)c(C)c1. The van der Waals surface area contributed by atoms with E-state index in [0.717, 1.165) is 29.7 Å². The minimum absolute atomic E-state index is 0.0790. The summed E-state index contributed by atoms with van der Waals surface area (Å²) >= 11 is 0. The first kappa shape index (κ1) is 29.3. The number of ether oxygens (including phenoxy) is 2. The smallest absolute Gasteiger partial charge is 0.122 e. The van der Waals surface area contributed by atoms with E-state index in [1.54, 1.807) is 0 Å². The summed E-state index contributed by atoms with van der Waals surface area (Å²) in [5.74, 6) is 0.570. The average Bonchev–Trinajstić information content (AvgIpc) is 2.82. The largest absolute Gasteiger partial charge is 0.491 e. The van der Waals surface area contributed by atoms with Gasteiger partial charge in [0.15, 0.2) is 0 Å². The van der Waals surface area contributed by atoms with Crippen molar-refractivity contribution in [1.82, 2.24) is 0 Å². The van der Waals surface area contributed by atoms with Gasteiger partial charge in [0.25, 0.3) is 0 Å². The van der Waals surface area contributed by atoms with Gasteiger partial charge in [0, 0.05) is 11.3 Å². The molecule has 2 aromatic carbocycles. The summed E-state index contributed by atoms with van der Waals surface area (Å²) in [6.45, 7) is 15.6. The second-order valence-electron chi connectivity index (χ2n) is 10.8. The molecule has 0 aliphatic heterocycles. The molecule has 3 N–H and O–H groups in total. The molecular weight excluding hydrogens is 440 g/mol. The number of aliphatic hydroxyl groups is 3. The number of hydrogen-bond donors (Lipinski definition) is 3. The van der Waals surface area contributed by atoms with Gasteiger partial charge < -0.3 is 24.8 Å². The Labute approximate surface area is 212 Å². The summed E-state index contributed by atoms with van der Waals surface area (Å²) in [6, 6.07) is 13.0. The maximum Gasteiger partial charge on any atom is 0.122 e. The van der Waals surface area contributed by atoms with Crippen LogP contribution in [0, 0.1) is 25.2 Å². The Balaban J connectivity index is 2.25. The molecule has 35 heavy (non-hydrogen) atoms. The van der Waals surface area contributed by atoms with Crippen LogP contribution in [0.25, 0.3) is 0 Å². The van der Waals surface area contributed by atoms with Crippen LogP contribution in [0.1, 0.15) is 75.3 Å². The standard InChI is InChI=1S/C30H46O5/c1-8-30(9-2,25-11-10-24(21(3)14-25)19-34-18-23(16-31)17-32)26-12-13-27(22(4)15-26)35-20-28(33)29(5,6)7/h10-15,23,28,31-33H,8-9,16-20H2,1-7H3/t28-/m0/s1. The highest BCUT2D eigenvalue weighted by molar-refractivity contribution is 5.47. The van der Waals surface area contributed by atoms with Crippen molar-refractivity contribution in [1.29, 1.82) is 0 Å². The molecule has 0 spiro atoms. The Hall–Kier alpha value is -1.92. The van der Waals surface area contributed by atoms with E-state index < -0.39 is 6.10 Å². The van der Waals surface area contributed by atoms with Gasteiger partial charge >= 0.3 is 0 Å². The van der Waals surface area contributed by atoms with Crippen LogP contribution in [0.2, 0.25) is 0 Å². The fourth-order valence-corrected chi connectivity index (χ4v) is 4.42. The molecule has 0 aliphatic carbocycles. The van der Waals surface area contributed by atoms with Crippen molar-refractivity contribution in [3.05, 3.63) is 64.2 Å². The molecule has 0 heterocycles. The number of benzene rings is 2. The molecule has 0 bridgehead atoms. The van der Waals surface area contributed by atoms with Crippen molar-refractivity contribution in [3.8, 4) is 5.75 Å². The lowest BCUT2D eigenvalue weighted by Gasteiger charge is -2.34. The number of rotatable bonds is 13. The van der Waals surface area contributed by atoms with Crippen molar-refractivity contribution in [2.24, 2.45) is 11.3 Å². The predicted molar refractivity (Wildman–Crippen MR) is 142 cm³/mol. The van der Waals surface area contributed by atoms with E-state index in [0.29, 0.717) is 13.2 Å². The van der Waals surface area contributed by atoms with Crippen LogP contribution in [-0.2, 0) is 16.8 Å². The topological polar surface area (TPSA) is 79.2 Å². The van der Waals surface area contributed by atoms with Crippen molar-refractivity contribution < 1.29 is 24.8 Å². The molecule has 0 amide bonds. The number of hydrogen-bond acceptors (Lipinski definition) is 5. The molecule has 1 atom stereocenters. The Morgan fingerprint density at radius 2 is 1.40 bits per heavy atom. The van der Waals surface area contributed by atoms with Crippen LogP contribution in [0.5, 0.6) is 5.75 Å². The monoisotopic (exact) mass is 486 g/mol. The maximum atomic E-state index is 10.3. The molecule has 196 valence electrons. The van der Waals surface area contributed by atoms with Gasteiger partial charge in [-0.15, -0.1) is 0 Å². The Bertz CT molecular complexity index is 923. The van der Waals surface area contributed by atoms with E-state index in [4.69, 9.17) is 9.47 Å². The van der Waals surface area contributed by atoms with Crippen LogP contribution in [0.15, 0.2) is 36.4 Å². The van der Waals surface area contributed by atoms with Gasteiger partial charge in [-0.1, -0.05) is 65.0 Å². The lowest BCUT2D eigenvalue weighted by Crippen LogP contribution is -2.32. The van der Waals surface area contributed by atoms with E-state index in [-0.39, 0.29) is 36.6 Å². The van der Waals surface area contributed by atoms with Gasteiger partial charge in [-0.25, -0.2) is 0 Å². The number of aliphatic hydroxyl groups excluding tert-OH is 3. The molecule has 0 aliphatic rings.